The number of para-hydroxylation sites is 1. The number of hydrogen-bond donors (Lipinski definition) is 3. The number of carboxylic acid groups (broad SMARTS) is 1. The molecule has 0 amide bonds. The van der Waals surface area contributed by atoms with Crippen LogP contribution in [0.2, 0.25) is 0 Å². The molecule has 1 unspecified atom stereocenters. The summed E-state index contributed by atoms with van der Waals surface area (Å²) in [7, 11) is 1.49. The van der Waals surface area contributed by atoms with Crippen molar-refractivity contribution in [2.75, 3.05) is 20.2 Å². The average molecular weight is 266 g/mol. The molecular weight excluding hydrogens is 248 g/mol. The summed E-state index contributed by atoms with van der Waals surface area (Å²) in [6.07, 6.45) is 0.410. The molecule has 0 aliphatic carbocycles. The normalized spacial score (nSPS) is 23.5. The van der Waals surface area contributed by atoms with Crippen molar-refractivity contribution in [1.29, 1.82) is 0 Å². The second kappa shape index (κ2) is 5.07. The van der Waals surface area contributed by atoms with Crippen LogP contribution in [0, 0.1) is 0 Å². The molecule has 2 rings (SSSR count). The van der Waals surface area contributed by atoms with Crippen molar-refractivity contribution >= 4 is 5.97 Å². The highest BCUT2D eigenvalue weighted by atomic mass is 16.5. The van der Waals surface area contributed by atoms with E-state index in [9.17, 15) is 9.90 Å². The lowest BCUT2D eigenvalue weighted by molar-refractivity contribution is -0.142. The van der Waals surface area contributed by atoms with Crippen LogP contribution >= 0.6 is 0 Å². The van der Waals surface area contributed by atoms with Crippen LogP contribution in [0.1, 0.15) is 12.0 Å². The number of rotatable bonds is 4. The maximum absolute atomic E-state index is 11.1. The van der Waals surface area contributed by atoms with Gasteiger partial charge in [0, 0.05) is 25.2 Å². The molecule has 6 heteroatoms. The first kappa shape index (κ1) is 13.6. The van der Waals surface area contributed by atoms with Gasteiger partial charge in [-0.3, -0.25) is 9.69 Å². The number of aliphatic carboxylic acids is 1. The van der Waals surface area contributed by atoms with Crippen LogP contribution in [-0.4, -0.2) is 46.8 Å². The Bertz CT molecular complexity index is 492. The molecule has 1 aromatic rings. The Morgan fingerprint density at radius 2 is 2.32 bits per heavy atom. The van der Waals surface area contributed by atoms with E-state index in [2.05, 4.69) is 0 Å². The van der Waals surface area contributed by atoms with E-state index in [1.54, 1.807) is 18.2 Å². The molecule has 1 atom stereocenters. The number of ether oxygens (including phenoxy) is 1. The maximum atomic E-state index is 11.1. The average Bonchev–Trinajstić information content (AvgIpc) is 2.75. The lowest BCUT2D eigenvalue weighted by Gasteiger charge is -2.20. The van der Waals surface area contributed by atoms with Crippen LogP contribution in [0.3, 0.4) is 0 Å². The number of benzene rings is 1. The first-order valence-electron chi connectivity index (χ1n) is 6.06. The van der Waals surface area contributed by atoms with Crippen molar-refractivity contribution in [1.82, 2.24) is 4.90 Å². The molecule has 1 saturated heterocycles. The van der Waals surface area contributed by atoms with Gasteiger partial charge >= 0.3 is 5.97 Å². The van der Waals surface area contributed by atoms with Gasteiger partial charge in [-0.05, 0) is 12.5 Å². The fourth-order valence-corrected chi connectivity index (χ4v) is 2.33. The number of phenolic OH excluding ortho intramolecular Hbond substituents is 1. The standard InChI is InChI=1S/C13H18N2O4/c1-19-10-4-2-3-9(11(10)16)7-15-6-5-13(14,8-15)12(17)18/h2-4,16H,5-8,14H2,1H3,(H,17,18). The van der Waals surface area contributed by atoms with Crippen molar-refractivity contribution < 1.29 is 19.7 Å². The number of carbonyl (C=O) groups is 1. The molecule has 19 heavy (non-hydrogen) atoms. The zero-order valence-electron chi connectivity index (χ0n) is 10.8. The van der Waals surface area contributed by atoms with Crippen LogP contribution in [0.25, 0.3) is 0 Å². The van der Waals surface area contributed by atoms with Gasteiger partial charge in [-0.25, -0.2) is 0 Å². The number of aromatic hydroxyl groups is 1. The van der Waals surface area contributed by atoms with Gasteiger partial charge in [0.05, 0.1) is 7.11 Å². The van der Waals surface area contributed by atoms with Crippen LogP contribution in [0.4, 0.5) is 0 Å². The van der Waals surface area contributed by atoms with Crippen molar-refractivity contribution in [3.63, 3.8) is 0 Å². The molecule has 4 N–H and O–H groups in total. The summed E-state index contributed by atoms with van der Waals surface area (Å²) in [6, 6.07) is 5.25. The van der Waals surface area contributed by atoms with Crippen LogP contribution in [-0.2, 0) is 11.3 Å². The number of nitrogens with two attached hydrogens (primary N) is 1. The topological polar surface area (TPSA) is 96.0 Å². The van der Waals surface area contributed by atoms with Gasteiger partial charge in [-0.15, -0.1) is 0 Å². The Kier molecular flexibility index (Phi) is 3.64. The van der Waals surface area contributed by atoms with Gasteiger partial charge in [-0.1, -0.05) is 12.1 Å². The van der Waals surface area contributed by atoms with E-state index in [1.807, 2.05) is 4.90 Å². The molecular formula is C13H18N2O4. The second-order valence-electron chi connectivity index (χ2n) is 4.89. The molecule has 0 radical (unpaired) electrons. The van der Waals surface area contributed by atoms with Crippen molar-refractivity contribution in [2.45, 2.75) is 18.5 Å². The molecule has 6 nitrogen and oxygen atoms in total. The zero-order valence-corrected chi connectivity index (χ0v) is 10.8. The predicted octanol–water partition coefficient (Wildman–Crippen LogP) is 0.389. The van der Waals surface area contributed by atoms with Gasteiger partial charge in [0.2, 0.25) is 0 Å². The molecule has 1 fully saturated rings. The van der Waals surface area contributed by atoms with E-state index in [0.717, 1.165) is 0 Å². The van der Waals surface area contributed by atoms with Crippen LogP contribution in [0.5, 0.6) is 11.5 Å². The van der Waals surface area contributed by atoms with Crippen molar-refractivity contribution in [2.24, 2.45) is 5.73 Å². The van der Waals surface area contributed by atoms with E-state index in [4.69, 9.17) is 15.6 Å². The number of nitrogens with zero attached hydrogens (tertiary/aromatic N) is 1. The molecule has 1 aromatic carbocycles. The van der Waals surface area contributed by atoms with E-state index < -0.39 is 11.5 Å². The highest BCUT2D eigenvalue weighted by Crippen LogP contribution is 2.31. The quantitative estimate of drug-likeness (QED) is 0.729. The lowest BCUT2D eigenvalue weighted by atomic mass is 10.0. The van der Waals surface area contributed by atoms with Gasteiger partial charge < -0.3 is 20.7 Å². The Balaban J connectivity index is 2.10. The smallest absolute Gasteiger partial charge is 0.325 e. The summed E-state index contributed by atoms with van der Waals surface area (Å²) < 4.78 is 5.04. The number of phenols is 1. The molecule has 104 valence electrons. The second-order valence-corrected chi connectivity index (χ2v) is 4.89. The van der Waals surface area contributed by atoms with Crippen molar-refractivity contribution in [3.05, 3.63) is 23.8 Å². The summed E-state index contributed by atoms with van der Waals surface area (Å²) >= 11 is 0. The fourth-order valence-electron chi connectivity index (χ4n) is 2.33. The number of hydrogen-bond acceptors (Lipinski definition) is 5. The zero-order chi connectivity index (χ0) is 14.0. The molecule has 0 aromatic heterocycles. The van der Waals surface area contributed by atoms with Gasteiger partial charge in [-0.2, -0.15) is 0 Å². The van der Waals surface area contributed by atoms with Crippen molar-refractivity contribution in [3.8, 4) is 11.5 Å². The van der Waals surface area contributed by atoms with E-state index in [-0.39, 0.29) is 12.3 Å². The Morgan fingerprint density at radius 1 is 1.58 bits per heavy atom. The molecule has 0 spiro atoms. The third-order valence-electron chi connectivity index (χ3n) is 3.50. The minimum Gasteiger partial charge on any atom is -0.504 e. The van der Waals surface area contributed by atoms with E-state index in [0.29, 0.717) is 30.8 Å². The molecule has 1 heterocycles. The minimum atomic E-state index is -1.19. The highest BCUT2D eigenvalue weighted by Gasteiger charge is 2.41. The fraction of sp³-hybridized carbons (Fsp3) is 0.462. The van der Waals surface area contributed by atoms with Gasteiger partial charge in [0.1, 0.15) is 5.54 Å². The first-order valence-corrected chi connectivity index (χ1v) is 6.06. The molecule has 1 aliphatic rings. The largest absolute Gasteiger partial charge is 0.504 e. The SMILES string of the molecule is COc1cccc(CN2CCC(N)(C(=O)O)C2)c1O. The Hall–Kier alpha value is -1.79. The summed E-state index contributed by atoms with van der Waals surface area (Å²) in [6.45, 7) is 1.33. The van der Waals surface area contributed by atoms with E-state index >= 15 is 0 Å². The number of methoxy groups -OCH3 is 1. The third kappa shape index (κ3) is 2.64. The Morgan fingerprint density at radius 3 is 2.89 bits per heavy atom. The summed E-state index contributed by atoms with van der Waals surface area (Å²) in [4.78, 5) is 13.0. The first-order chi connectivity index (χ1) is 8.96. The molecule has 0 saturated carbocycles. The summed E-state index contributed by atoms with van der Waals surface area (Å²) in [5.41, 5.74) is 5.33. The van der Waals surface area contributed by atoms with Gasteiger partial charge in [0.25, 0.3) is 0 Å². The number of likely N-dealkylation sites (tertiary alicyclic amines) is 1. The van der Waals surface area contributed by atoms with E-state index in [1.165, 1.54) is 7.11 Å². The monoisotopic (exact) mass is 266 g/mol. The number of carboxylic acids is 1. The maximum Gasteiger partial charge on any atom is 0.325 e. The van der Waals surface area contributed by atoms with Gasteiger partial charge in [0.15, 0.2) is 11.5 Å². The van der Waals surface area contributed by atoms with Crippen LogP contribution in [0.15, 0.2) is 18.2 Å². The third-order valence-corrected chi connectivity index (χ3v) is 3.50. The predicted molar refractivity (Wildman–Crippen MR) is 69.1 cm³/mol. The summed E-state index contributed by atoms with van der Waals surface area (Å²) in [5, 5.41) is 19.1. The lowest BCUT2D eigenvalue weighted by Crippen LogP contribution is -2.50. The highest BCUT2D eigenvalue weighted by molar-refractivity contribution is 5.79. The minimum absolute atomic E-state index is 0.0925. The molecule has 1 aliphatic heterocycles. The molecule has 0 bridgehead atoms. The summed E-state index contributed by atoms with van der Waals surface area (Å²) in [5.74, 6) is -0.478. The van der Waals surface area contributed by atoms with Crippen LogP contribution < -0.4 is 10.5 Å². The Labute approximate surface area is 111 Å².